The maximum Gasteiger partial charge on any atom is 0.306 e. The van der Waals surface area contributed by atoms with E-state index in [0.717, 1.165) is 32.1 Å². The summed E-state index contributed by atoms with van der Waals surface area (Å²) in [6.07, 6.45) is 5.36. The molecule has 20 heavy (non-hydrogen) atoms. The van der Waals surface area contributed by atoms with Gasteiger partial charge in [0.2, 0.25) is 0 Å². The average Bonchev–Trinajstić information content (AvgIpc) is 2.37. The Kier molecular flexibility index (Phi) is 10.1. The van der Waals surface area contributed by atoms with Gasteiger partial charge in [0.1, 0.15) is 0 Å². The van der Waals surface area contributed by atoms with Gasteiger partial charge in [0.05, 0.1) is 26.1 Å². The van der Waals surface area contributed by atoms with Crippen LogP contribution in [0.15, 0.2) is 0 Å². The molecule has 0 aromatic heterocycles. The predicted octanol–water partition coefficient (Wildman–Crippen LogP) is 3.87. The first-order valence-corrected chi connectivity index (χ1v) is 7.84. The first kappa shape index (κ1) is 18.9. The monoisotopic (exact) mass is 286 g/mol. The Balaban J connectivity index is 4.90. The van der Waals surface area contributed by atoms with E-state index in [1.165, 1.54) is 0 Å². The fourth-order valence-corrected chi connectivity index (χ4v) is 2.66. The predicted molar refractivity (Wildman–Crippen MR) is 79.4 cm³/mol. The molecular formula is C16H30O4. The lowest BCUT2D eigenvalue weighted by Crippen LogP contribution is -2.29. The van der Waals surface area contributed by atoms with Crippen molar-refractivity contribution in [1.82, 2.24) is 0 Å². The van der Waals surface area contributed by atoms with E-state index in [9.17, 15) is 9.59 Å². The molecule has 0 spiro atoms. The van der Waals surface area contributed by atoms with Gasteiger partial charge >= 0.3 is 11.9 Å². The minimum atomic E-state index is -0.302. The molecular weight excluding hydrogens is 256 g/mol. The number of hydrogen-bond donors (Lipinski definition) is 0. The summed E-state index contributed by atoms with van der Waals surface area (Å²) in [6, 6.07) is 0. The van der Waals surface area contributed by atoms with Gasteiger partial charge in [-0.25, -0.2) is 0 Å². The fraction of sp³-hybridized carbons (Fsp3) is 0.875. The average molecular weight is 286 g/mol. The second kappa shape index (κ2) is 10.7. The van der Waals surface area contributed by atoms with Crippen LogP contribution < -0.4 is 0 Å². The second-order valence-electron chi connectivity index (χ2n) is 5.32. The summed E-state index contributed by atoms with van der Waals surface area (Å²) in [5.41, 5.74) is -0.302. The second-order valence-corrected chi connectivity index (χ2v) is 5.32. The lowest BCUT2D eigenvalue weighted by molar-refractivity contribution is -0.150. The Morgan fingerprint density at radius 3 is 1.65 bits per heavy atom. The van der Waals surface area contributed by atoms with Crippen LogP contribution in [-0.4, -0.2) is 25.2 Å². The third-order valence-corrected chi connectivity index (χ3v) is 3.49. The molecule has 0 aromatic carbocycles. The molecule has 0 amide bonds. The Morgan fingerprint density at radius 1 is 0.800 bits per heavy atom. The molecule has 0 rings (SSSR count). The summed E-state index contributed by atoms with van der Waals surface area (Å²) >= 11 is 0. The van der Waals surface area contributed by atoms with Crippen LogP contribution in [0.3, 0.4) is 0 Å². The molecule has 0 atom stereocenters. The molecule has 0 unspecified atom stereocenters. The third-order valence-electron chi connectivity index (χ3n) is 3.49. The Morgan fingerprint density at radius 2 is 1.30 bits per heavy atom. The largest absolute Gasteiger partial charge is 0.466 e. The maximum absolute atomic E-state index is 11.9. The maximum atomic E-state index is 11.9. The highest BCUT2D eigenvalue weighted by Gasteiger charge is 2.35. The van der Waals surface area contributed by atoms with Crippen LogP contribution >= 0.6 is 0 Å². The molecule has 118 valence electrons. The van der Waals surface area contributed by atoms with Crippen molar-refractivity contribution in [1.29, 1.82) is 0 Å². The molecule has 0 aliphatic rings. The number of unbranched alkanes of at least 4 members (excludes halogenated alkanes) is 1. The standard InChI is InChI=1S/C16H30O4/c1-5-9-11-16(10-6-2,12-14(17)19-7-3)13-15(18)20-8-4/h5-13H2,1-4H3. The molecule has 0 heterocycles. The molecule has 0 saturated carbocycles. The molecule has 0 bridgehead atoms. The normalized spacial score (nSPS) is 11.2. The van der Waals surface area contributed by atoms with E-state index in [1.807, 2.05) is 0 Å². The van der Waals surface area contributed by atoms with Gasteiger partial charge in [-0.2, -0.15) is 0 Å². The van der Waals surface area contributed by atoms with Crippen LogP contribution in [0.2, 0.25) is 0 Å². The van der Waals surface area contributed by atoms with E-state index < -0.39 is 0 Å². The summed E-state index contributed by atoms with van der Waals surface area (Å²) < 4.78 is 10.1. The molecule has 0 aromatic rings. The number of rotatable bonds is 11. The van der Waals surface area contributed by atoms with Crippen LogP contribution in [-0.2, 0) is 19.1 Å². The SMILES string of the molecule is CCCCC(CCC)(CC(=O)OCC)CC(=O)OCC. The summed E-state index contributed by atoms with van der Waals surface area (Å²) in [5.74, 6) is -0.414. The van der Waals surface area contributed by atoms with Crippen LogP contribution in [0.4, 0.5) is 0 Å². The van der Waals surface area contributed by atoms with Crippen molar-refractivity contribution in [3.63, 3.8) is 0 Å². The van der Waals surface area contributed by atoms with Gasteiger partial charge in [0, 0.05) is 0 Å². The number of hydrogen-bond acceptors (Lipinski definition) is 4. The molecule has 0 saturated heterocycles. The van der Waals surface area contributed by atoms with E-state index in [1.54, 1.807) is 13.8 Å². The topological polar surface area (TPSA) is 52.6 Å². The first-order chi connectivity index (χ1) is 9.53. The van der Waals surface area contributed by atoms with Crippen LogP contribution in [0, 0.1) is 5.41 Å². The Labute approximate surface area is 123 Å². The van der Waals surface area contributed by atoms with E-state index in [-0.39, 0.29) is 17.4 Å². The third kappa shape index (κ3) is 7.51. The van der Waals surface area contributed by atoms with Crippen LogP contribution in [0.25, 0.3) is 0 Å². The number of ether oxygens (including phenoxy) is 2. The summed E-state index contributed by atoms with van der Waals surface area (Å²) in [6.45, 7) is 8.57. The summed E-state index contributed by atoms with van der Waals surface area (Å²) in [5, 5.41) is 0. The molecule has 0 fully saturated rings. The smallest absolute Gasteiger partial charge is 0.306 e. The zero-order valence-electron chi connectivity index (χ0n) is 13.5. The zero-order chi connectivity index (χ0) is 15.4. The molecule has 4 nitrogen and oxygen atoms in total. The van der Waals surface area contributed by atoms with Crippen LogP contribution in [0.1, 0.15) is 72.6 Å². The van der Waals surface area contributed by atoms with E-state index in [4.69, 9.17) is 9.47 Å². The molecule has 0 N–H and O–H groups in total. The number of esters is 2. The number of carbonyl (C=O) groups is 2. The van der Waals surface area contributed by atoms with Crippen molar-refractivity contribution in [3.8, 4) is 0 Å². The molecule has 0 aliphatic carbocycles. The van der Waals surface area contributed by atoms with Crippen molar-refractivity contribution in [3.05, 3.63) is 0 Å². The molecule has 0 aliphatic heterocycles. The quantitative estimate of drug-likeness (QED) is 0.541. The van der Waals surface area contributed by atoms with Gasteiger partial charge in [0.25, 0.3) is 0 Å². The Bertz CT molecular complexity index is 266. The van der Waals surface area contributed by atoms with Crippen molar-refractivity contribution >= 4 is 11.9 Å². The first-order valence-electron chi connectivity index (χ1n) is 7.84. The Hall–Kier alpha value is -1.06. The fourth-order valence-electron chi connectivity index (χ4n) is 2.66. The van der Waals surface area contributed by atoms with E-state index in [0.29, 0.717) is 26.1 Å². The van der Waals surface area contributed by atoms with Gasteiger partial charge in [-0.15, -0.1) is 0 Å². The lowest BCUT2D eigenvalue weighted by Gasteiger charge is -2.32. The van der Waals surface area contributed by atoms with Gasteiger partial charge in [-0.3, -0.25) is 9.59 Å². The van der Waals surface area contributed by atoms with Crippen molar-refractivity contribution in [2.75, 3.05) is 13.2 Å². The van der Waals surface area contributed by atoms with Crippen molar-refractivity contribution in [2.45, 2.75) is 72.6 Å². The summed E-state index contributed by atoms with van der Waals surface area (Å²) in [7, 11) is 0. The van der Waals surface area contributed by atoms with Crippen LogP contribution in [0.5, 0.6) is 0 Å². The highest BCUT2D eigenvalue weighted by molar-refractivity contribution is 5.74. The van der Waals surface area contributed by atoms with E-state index in [2.05, 4.69) is 13.8 Å². The highest BCUT2D eigenvalue weighted by atomic mass is 16.5. The molecule has 0 radical (unpaired) electrons. The minimum Gasteiger partial charge on any atom is -0.466 e. The van der Waals surface area contributed by atoms with Gasteiger partial charge in [-0.05, 0) is 32.1 Å². The molecule has 4 heteroatoms. The van der Waals surface area contributed by atoms with Gasteiger partial charge in [-0.1, -0.05) is 33.1 Å². The zero-order valence-corrected chi connectivity index (χ0v) is 13.5. The van der Waals surface area contributed by atoms with Gasteiger partial charge < -0.3 is 9.47 Å². The number of carbonyl (C=O) groups excluding carboxylic acids is 2. The highest BCUT2D eigenvalue weighted by Crippen LogP contribution is 2.38. The van der Waals surface area contributed by atoms with Crippen molar-refractivity contribution < 1.29 is 19.1 Å². The minimum absolute atomic E-state index is 0.207. The summed E-state index contributed by atoms with van der Waals surface area (Å²) in [4.78, 5) is 23.7. The van der Waals surface area contributed by atoms with Crippen molar-refractivity contribution in [2.24, 2.45) is 5.41 Å². The van der Waals surface area contributed by atoms with E-state index >= 15 is 0 Å². The lowest BCUT2D eigenvalue weighted by atomic mass is 9.73. The van der Waals surface area contributed by atoms with Gasteiger partial charge in [0.15, 0.2) is 0 Å².